The highest BCUT2D eigenvalue weighted by Crippen LogP contribution is 2.34. The lowest BCUT2D eigenvalue weighted by molar-refractivity contribution is 0.356. The summed E-state index contributed by atoms with van der Waals surface area (Å²) in [6.07, 6.45) is 0. The van der Waals surface area contributed by atoms with E-state index in [1.165, 1.54) is 0 Å². The number of nitrogens with two attached hydrogens (primary N) is 1. The van der Waals surface area contributed by atoms with Crippen LogP contribution in [-0.2, 0) is 0 Å². The minimum Gasteiger partial charge on any atom is -0.495 e. The lowest BCUT2D eigenvalue weighted by Gasteiger charge is -2.36. The molecule has 0 saturated carbocycles. The highest BCUT2D eigenvalue weighted by atomic mass is 35.5. The number of benzene rings is 2. The highest BCUT2D eigenvalue weighted by molar-refractivity contribution is 5.91. The summed E-state index contributed by atoms with van der Waals surface area (Å²) in [5, 5.41) is 0.749. The van der Waals surface area contributed by atoms with Gasteiger partial charge in [-0.15, -0.1) is 12.4 Å². The molecule has 0 unspecified atom stereocenters. The molecule has 1 fully saturated rings. The predicted molar refractivity (Wildman–Crippen MR) is 122 cm³/mol. The number of halogens is 1. The van der Waals surface area contributed by atoms with Crippen LogP contribution in [-0.4, -0.2) is 57.5 Å². The molecule has 0 bridgehead atoms. The van der Waals surface area contributed by atoms with Crippen LogP contribution in [0.4, 0.5) is 17.5 Å². The number of anilines is 3. The van der Waals surface area contributed by atoms with E-state index in [4.69, 9.17) is 24.9 Å². The van der Waals surface area contributed by atoms with Gasteiger partial charge in [-0.25, -0.2) is 4.98 Å². The van der Waals surface area contributed by atoms with Crippen molar-refractivity contribution in [1.82, 2.24) is 9.97 Å². The topological polar surface area (TPSA) is 86.0 Å². The summed E-state index contributed by atoms with van der Waals surface area (Å²) >= 11 is 0. The molecule has 0 amide bonds. The van der Waals surface area contributed by atoms with Crippen molar-refractivity contribution in [2.45, 2.75) is 0 Å². The molecule has 1 aliphatic heterocycles. The van der Waals surface area contributed by atoms with Crippen LogP contribution in [0.5, 0.6) is 17.2 Å². The molecule has 2 aromatic carbocycles. The van der Waals surface area contributed by atoms with Crippen LogP contribution in [0.2, 0.25) is 0 Å². The Morgan fingerprint density at radius 2 is 1.40 bits per heavy atom. The van der Waals surface area contributed by atoms with Crippen LogP contribution in [0.15, 0.2) is 36.4 Å². The lowest BCUT2D eigenvalue weighted by atomic mass is 10.2. The number of ether oxygens (including phenoxy) is 3. The highest BCUT2D eigenvalue weighted by Gasteiger charge is 2.22. The summed E-state index contributed by atoms with van der Waals surface area (Å²) in [7, 11) is 4.90. The third-order valence-electron chi connectivity index (χ3n) is 5.21. The van der Waals surface area contributed by atoms with Gasteiger partial charge in [0.2, 0.25) is 5.95 Å². The Morgan fingerprint density at radius 3 is 2.07 bits per heavy atom. The maximum absolute atomic E-state index is 6.23. The van der Waals surface area contributed by atoms with Crippen LogP contribution < -0.4 is 29.7 Å². The molecule has 0 atom stereocenters. The predicted octanol–water partition coefficient (Wildman–Crippen LogP) is 2.99. The van der Waals surface area contributed by atoms with Crippen molar-refractivity contribution in [2.75, 3.05) is 63.0 Å². The first-order chi connectivity index (χ1) is 14.1. The van der Waals surface area contributed by atoms with Crippen LogP contribution in [0.1, 0.15) is 0 Å². The van der Waals surface area contributed by atoms with Gasteiger partial charge in [0.15, 0.2) is 11.5 Å². The van der Waals surface area contributed by atoms with E-state index in [0.29, 0.717) is 23.3 Å². The second-order valence-electron chi connectivity index (χ2n) is 6.78. The Bertz CT molecular complexity index is 1020. The second-order valence-corrected chi connectivity index (χ2v) is 6.78. The molecule has 160 valence electrons. The zero-order valence-corrected chi connectivity index (χ0v) is 18.1. The van der Waals surface area contributed by atoms with E-state index in [2.05, 4.69) is 20.9 Å². The average Bonchev–Trinajstić information content (AvgIpc) is 2.78. The van der Waals surface area contributed by atoms with E-state index in [9.17, 15) is 0 Å². The molecule has 3 aromatic rings. The van der Waals surface area contributed by atoms with Crippen molar-refractivity contribution in [3.05, 3.63) is 36.4 Å². The largest absolute Gasteiger partial charge is 0.495 e. The first-order valence-electron chi connectivity index (χ1n) is 9.46. The number of nitrogens with zero attached hydrogens (tertiary/aromatic N) is 4. The number of rotatable bonds is 5. The summed E-state index contributed by atoms with van der Waals surface area (Å²) in [6, 6.07) is 11.7. The van der Waals surface area contributed by atoms with Crippen LogP contribution in [0.3, 0.4) is 0 Å². The molecule has 4 rings (SSSR count). The van der Waals surface area contributed by atoms with Gasteiger partial charge in [0, 0.05) is 37.6 Å². The summed E-state index contributed by atoms with van der Waals surface area (Å²) in [5.74, 6) is 3.16. The van der Waals surface area contributed by atoms with E-state index >= 15 is 0 Å². The molecule has 2 heterocycles. The lowest BCUT2D eigenvalue weighted by Crippen LogP contribution is -2.47. The van der Waals surface area contributed by atoms with E-state index in [1.807, 2.05) is 30.3 Å². The van der Waals surface area contributed by atoms with Crippen LogP contribution in [0, 0.1) is 0 Å². The first kappa shape index (κ1) is 21.6. The summed E-state index contributed by atoms with van der Waals surface area (Å²) in [5.41, 5.74) is 8.07. The minimum atomic E-state index is 0. The fraction of sp³-hybridized carbons (Fsp3) is 0.333. The van der Waals surface area contributed by atoms with Gasteiger partial charge in [0.25, 0.3) is 0 Å². The minimum absolute atomic E-state index is 0. The second kappa shape index (κ2) is 9.13. The number of nitrogen functional groups attached to an aromatic ring is 1. The number of piperazine rings is 1. The first-order valence-corrected chi connectivity index (χ1v) is 9.46. The van der Waals surface area contributed by atoms with Crippen molar-refractivity contribution < 1.29 is 14.2 Å². The number of hydrogen-bond donors (Lipinski definition) is 1. The van der Waals surface area contributed by atoms with Gasteiger partial charge in [-0.3, -0.25) is 0 Å². The molecule has 9 heteroatoms. The maximum atomic E-state index is 6.23. The van der Waals surface area contributed by atoms with Crippen LogP contribution in [0.25, 0.3) is 10.9 Å². The standard InChI is InChI=1S/C21H25N5O3.ClH/c1-27-17-7-5-4-6-16(17)25-8-10-26(11-9-25)21-23-15-13-19(29-3)18(28-2)12-14(15)20(22)24-21;/h4-7,12-13H,8-11H2,1-3H3,(H2,22,23,24);1H. The molecule has 30 heavy (non-hydrogen) atoms. The maximum Gasteiger partial charge on any atom is 0.228 e. The van der Waals surface area contributed by atoms with Gasteiger partial charge < -0.3 is 29.7 Å². The fourth-order valence-corrected chi connectivity index (χ4v) is 3.65. The van der Waals surface area contributed by atoms with E-state index < -0.39 is 0 Å². The van der Waals surface area contributed by atoms with Crippen molar-refractivity contribution in [3.8, 4) is 17.2 Å². The molecular formula is C21H26ClN5O3. The summed E-state index contributed by atoms with van der Waals surface area (Å²) in [4.78, 5) is 13.7. The molecule has 0 spiro atoms. The fourth-order valence-electron chi connectivity index (χ4n) is 3.65. The van der Waals surface area contributed by atoms with Crippen molar-refractivity contribution in [3.63, 3.8) is 0 Å². The van der Waals surface area contributed by atoms with Gasteiger partial charge in [-0.05, 0) is 18.2 Å². The zero-order chi connectivity index (χ0) is 20.4. The molecule has 1 saturated heterocycles. The van der Waals surface area contributed by atoms with Crippen molar-refractivity contribution in [1.29, 1.82) is 0 Å². The quantitative estimate of drug-likeness (QED) is 0.659. The van der Waals surface area contributed by atoms with Gasteiger partial charge in [-0.2, -0.15) is 4.98 Å². The van der Waals surface area contributed by atoms with Crippen molar-refractivity contribution in [2.24, 2.45) is 0 Å². The van der Waals surface area contributed by atoms with Gasteiger partial charge >= 0.3 is 0 Å². The molecular weight excluding hydrogens is 406 g/mol. The average molecular weight is 432 g/mol. The summed E-state index contributed by atoms with van der Waals surface area (Å²) in [6.45, 7) is 3.26. The van der Waals surface area contributed by atoms with Crippen molar-refractivity contribution >= 4 is 40.8 Å². The Hall–Kier alpha value is -3.13. The third-order valence-corrected chi connectivity index (χ3v) is 5.21. The number of methoxy groups -OCH3 is 3. The molecule has 1 aliphatic rings. The molecule has 1 aromatic heterocycles. The monoisotopic (exact) mass is 431 g/mol. The SMILES string of the molecule is COc1cc2nc(N3CCN(c4ccccc4OC)CC3)nc(N)c2cc1OC.Cl. The third kappa shape index (κ3) is 3.95. The molecule has 2 N–H and O–H groups in total. The van der Waals surface area contributed by atoms with E-state index in [1.54, 1.807) is 21.3 Å². The summed E-state index contributed by atoms with van der Waals surface area (Å²) < 4.78 is 16.2. The smallest absolute Gasteiger partial charge is 0.228 e. The van der Waals surface area contributed by atoms with E-state index in [0.717, 1.165) is 48.5 Å². The number of para-hydroxylation sites is 2. The van der Waals surface area contributed by atoms with E-state index in [-0.39, 0.29) is 12.4 Å². The number of hydrogen-bond acceptors (Lipinski definition) is 8. The zero-order valence-electron chi connectivity index (χ0n) is 17.3. The Balaban J connectivity index is 0.00000256. The number of aromatic nitrogens is 2. The molecule has 0 radical (unpaired) electrons. The van der Waals surface area contributed by atoms with Crippen LogP contribution >= 0.6 is 12.4 Å². The Labute approximate surface area is 182 Å². The Kier molecular flexibility index (Phi) is 6.56. The normalized spacial score (nSPS) is 13.7. The number of fused-ring (bicyclic) bond motifs is 1. The van der Waals surface area contributed by atoms with Gasteiger partial charge in [0.05, 0.1) is 32.5 Å². The molecule has 0 aliphatic carbocycles. The van der Waals surface area contributed by atoms with Gasteiger partial charge in [0.1, 0.15) is 11.6 Å². The van der Waals surface area contributed by atoms with Gasteiger partial charge in [-0.1, -0.05) is 12.1 Å². The Morgan fingerprint density at radius 1 is 0.800 bits per heavy atom. The molecule has 8 nitrogen and oxygen atoms in total.